The molecule has 0 aliphatic carbocycles. The fourth-order valence-electron chi connectivity index (χ4n) is 2.31. The summed E-state index contributed by atoms with van der Waals surface area (Å²) in [5.74, 6) is -0.731. The standard InChI is InChI=1S/C17H15N5O5S/c1-27-14-7-11(22(25)26)6-10(16(14)24)8-18-21-15(23)9-28-17-19-12-4-2-3-5-13(12)20-17/h2-8,24H,9H2,1H3,(H,19,20)(H,21,23). The van der Waals surface area contributed by atoms with E-state index < -0.39 is 10.8 Å². The number of hydrogen-bond acceptors (Lipinski definition) is 8. The number of nitro groups is 1. The van der Waals surface area contributed by atoms with Crippen molar-refractivity contribution in [3.63, 3.8) is 0 Å². The Morgan fingerprint density at radius 1 is 1.46 bits per heavy atom. The number of carbonyl (C=O) groups excluding carboxylic acids is 1. The second-order valence-electron chi connectivity index (χ2n) is 5.48. The average molecular weight is 401 g/mol. The number of non-ortho nitro benzene ring substituents is 1. The number of hydrazone groups is 1. The molecule has 0 fully saturated rings. The first-order valence-electron chi connectivity index (χ1n) is 7.92. The summed E-state index contributed by atoms with van der Waals surface area (Å²) in [4.78, 5) is 29.7. The zero-order chi connectivity index (χ0) is 20.1. The molecule has 3 N–H and O–H groups in total. The Bertz CT molecular complexity index is 1030. The van der Waals surface area contributed by atoms with E-state index in [-0.39, 0.29) is 28.5 Å². The number of nitro benzene ring substituents is 1. The van der Waals surface area contributed by atoms with E-state index in [4.69, 9.17) is 4.74 Å². The van der Waals surface area contributed by atoms with Gasteiger partial charge in [0.15, 0.2) is 16.7 Å². The van der Waals surface area contributed by atoms with Gasteiger partial charge in [0, 0.05) is 11.6 Å². The largest absolute Gasteiger partial charge is 0.504 e. The van der Waals surface area contributed by atoms with Gasteiger partial charge in [0.2, 0.25) is 0 Å². The molecule has 11 heteroatoms. The first-order chi connectivity index (χ1) is 13.5. The minimum Gasteiger partial charge on any atom is -0.504 e. The molecule has 0 radical (unpaired) electrons. The van der Waals surface area contributed by atoms with E-state index >= 15 is 0 Å². The Hall–Kier alpha value is -3.60. The number of benzene rings is 2. The molecule has 0 atom stereocenters. The molecule has 0 saturated heterocycles. The van der Waals surface area contributed by atoms with Gasteiger partial charge < -0.3 is 14.8 Å². The van der Waals surface area contributed by atoms with Crippen molar-refractivity contribution in [2.75, 3.05) is 12.9 Å². The van der Waals surface area contributed by atoms with Crippen LogP contribution >= 0.6 is 11.8 Å². The molecule has 0 bridgehead atoms. The SMILES string of the molecule is COc1cc([N+](=O)[O-])cc(C=NNC(=O)CSc2nc3ccccc3[nH]2)c1O. The molecule has 0 aliphatic rings. The van der Waals surface area contributed by atoms with Crippen LogP contribution in [0.25, 0.3) is 11.0 Å². The zero-order valence-corrected chi connectivity index (χ0v) is 15.4. The number of aromatic amines is 1. The predicted octanol–water partition coefficient (Wildman–Crippen LogP) is 2.43. The maximum atomic E-state index is 11.9. The molecule has 1 amide bonds. The molecular formula is C17H15N5O5S. The second kappa shape index (κ2) is 8.39. The topological polar surface area (TPSA) is 143 Å². The number of thioether (sulfide) groups is 1. The number of H-pyrrole nitrogens is 1. The highest BCUT2D eigenvalue weighted by molar-refractivity contribution is 7.99. The second-order valence-corrected chi connectivity index (χ2v) is 6.45. The number of phenolic OH excluding ortho intramolecular Hbond substituents is 1. The minimum atomic E-state index is -0.623. The van der Waals surface area contributed by atoms with E-state index in [2.05, 4.69) is 20.5 Å². The lowest BCUT2D eigenvalue weighted by molar-refractivity contribution is -0.385. The van der Waals surface area contributed by atoms with Gasteiger partial charge in [0.1, 0.15) is 0 Å². The fourth-order valence-corrected chi connectivity index (χ4v) is 2.99. The van der Waals surface area contributed by atoms with Crippen LogP contribution in [0.5, 0.6) is 11.5 Å². The van der Waals surface area contributed by atoms with Gasteiger partial charge in [-0.2, -0.15) is 5.10 Å². The zero-order valence-electron chi connectivity index (χ0n) is 14.6. The Balaban J connectivity index is 1.61. The Labute approximate surface area is 162 Å². The van der Waals surface area contributed by atoms with Crippen LogP contribution in [0.4, 0.5) is 5.69 Å². The molecule has 1 aromatic heterocycles. The first-order valence-corrected chi connectivity index (χ1v) is 8.91. The summed E-state index contributed by atoms with van der Waals surface area (Å²) in [5, 5.41) is 25.3. The summed E-state index contributed by atoms with van der Waals surface area (Å²) in [5.41, 5.74) is 3.74. The van der Waals surface area contributed by atoms with Gasteiger partial charge in [-0.05, 0) is 12.1 Å². The summed E-state index contributed by atoms with van der Waals surface area (Å²) in [6, 6.07) is 9.72. The van der Waals surface area contributed by atoms with Crippen molar-refractivity contribution in [2.45, 2.75) is 5.16 Å². The summed E-state index contributed by atoms with van der Waals surface area (Å²) < 4.78 is 4.90. The monoisotopic (exact) mass is 401 g/mol. The van der Waals surface area contributed by atoms with Crippen LogP contribution in [0.1, 0.15) is 5.56 Å². The summed E-state index contributed by atoms with van der Waals surface area (Å²) in [6.07, 6.45) is 1.11. The highest BCUT2D eigenvalue weighted by atomic mass is 32.2. The fraction of sp³-hybridized carbons (Fsp3) is 0.118. The van der Waals surface area contributed by atoms with E-state index in [0.29, 0.717) is 5.16 Å². The quantitative estimate of drug-likeness (QED) is 0.239. The number of aromatic nitrogens is 2. The van der Waals surface area contributed by atoms with Crippen LogP contribution in [0.15, 0.2) is 46.7 Å². The molecule has 28 heavy (non-hydrogen) atoms. The Morgan fingerprint density at radius 3 is 2.96 bits per heavy atom. The first kappa shape index (κ1) is 19.2. The van der Waals surface area contributed by atoms with Crippen molar-refractivity contribution >= 4 is 40.6 Å². The van der Waals surface area contributed by atoms with E-state index in [1.807, 2.05) is 24.3 Å². The van der Waals surface area contributed by atoms with Gasteiger partial charge in [-0.3, -0.25) is 14.9 Å². The van der Waals surface area contributed by atoms with Gasteiger partial charge in [-0.15, -0.1) is 0 Å². The van der Waals surface area contributed by atoms with E-state index in [1.54, 1.807) is 0 Å². The molecule has 0 aliphatic heterocycles. The number of para-hydroxylation sites is 2. The van der Waals surface area contributed by atoms with Gasteiger partial charge in [-0.25, -0.2) is 10.4 Å². The van der Waals surface area contributed by atoms with E-state index in [0.717, 1.165) is 29.4 Å². The Kier molecular flexibility index (Phi) is 5.75. The molecule has 1 heterocycles. The van der Waals surface area contributed by atoms with Crippen LogP contribution in [0.3, 0.4) is 0 Å². The maximum absolute atomic E-state index is 11.9. The van der Waals surface area contributed by atoms with Crippen LogP contribution in [0.2, 0.25) is 0 Å². The predicted molar refractivity (Wildman–Crippen MR) is 104 cm³/mol. The smallest absolute Gasteiger partial charge is 0.274 e. The molecule has 0 spiro atoms. The minimum absolute atomic E-state index is 0.0382. The van der Waals surface area contributed by atoms with Gasteiger partial charge >= 0.3 is 0 Å². The number of aromatic hydroxyl groups is 1. The molecule has 144 valence electrons. The van der Waals surface area contributed by atoms with Gasteiger partial charge in [0.05, 0.1) is 41.1 Å². The van der Waals surface area contributed by atoms with Crippen molar-refractivity contribution in [1.82, 2.24) is 15.4 Å². The third-order valence-electron chi connectivity index (χ3n) is 3.62. The number of amides is 1. The van der Waals surface area contributed by atoms with Crippen molar-refractivity contribution in [3.8, 4) is 11.5 Å². The van der Waals surface area contributed by atoms with E-state index in [9.17, 15) is 20.0 Å². The van der Waals surface area contributed by atoms with Crippen molar-refractivity contribution < 1.29 is 19.6 Å². The number of nitrogens with zero attached hydrogens (tertiary/aromatic N) is 3. The summed E-state index contributed by atoms with van der Waals surface area (Å²) in [6.45, 7) is 0. The lowest BCUT2D eigenvalue weighted by Crippen LogP contribution is -2.19. The summed E-state index contributed by atoms with van der Waals surface area (Å²) in [7, 11) is 1.27. The lowest BCUT2D eigenvalue weighted by atomic mass is 10.2. The lowest BCUT2D eigenvalue weighted by Gasteiger charge is -2.05. The number of nitrogens with one attached hydrogen (secondary N) is 2. The third kappa shape index (κ3) is 4.38. The van der Waals surface area contributed by atoms with Crippen LogP contribution in [-0.2, 0) is 4.79 Å². The number of methoxy groups -OCH3 is 1. The molecule has 2 aromatic carbocycles. The Morgan fingerprint density at radius 2 is 2.25 bits per heavy atom. The number of fused-ring (bicyclic) bond motifs is 1. The highest BCUT2D eigenvalue weighted by Gasteiger charge is 2.16. The number of imidazole rings is 1. The molecular weight excluding hydrogens is 386 g/mol. The van der Waals surface area contributed by atoms with Crippen LogP contribution < -0.4 is 10.2 Å². The average Bonchev–Trinajstić information content (AvgIpc) is 3.10. The molecule has 10 nitrogen and oxygen atoms in total. The molecule has 0 saturated carbocycles. The van der Waals surface area contributed by atoms with E-state index in [1.165, 1.54) is 18.9 Å². The number of ether oxygens (including phenoxy) is 1. The third-order valence-corrected chi connectivity index (χ3v) is 4.49. The van der Waals surface area contributed by atoms with Gasteiger partial charge in [0.25, 0.3) is 11.6 Å². The number of phenols is 1. The van der Waals surface area contributed by atoms with Crippen LogP contribution in [0, 0.1) is 10.1 Å². The molecule has 3 rings (SSSR count). The highest BCUT2D eigenvalue weighted by Crippen LogP contribution is 2.33. The van der Waals surface area contributed by atoms with Crippen molar-refractivity contribution in [3.05, 3.63) is 52.1 Å². The summed E-state index contributed by atoms with van der Waals surface area (Å²) >= 11 is 1.20. The maximum Gasteiger partial charge on any atom is 0.274 e. The normalized spacial score (nSPS) is 11.0. The molecule has 3 aromatic rings. The number of rotatable bonds is 7. The van der Waals surface area contributed by atoms with Crippen molar-refractivity contribution in [1.29, 1.82) is 0 Å². The van der Waals surface area contributed by atoms with Crippen molar-refractivity contribution in [2.24, 2.45) is 5.10 Å². The number of carbonyl (C=O) groups is 1. The van der Waals surface area contributed by atoms with Gasteiger partial charge in [-0.1, -0.05) is 23.9 Å². The van der Waals surface area contributed by atoms with Crippen LogP contribution in [-0.4, -0.2) is 45.0 Å². The number of hydrogen-bond donors (Lipinski definition) is 3. The molecule has 0 unspecified atom stereocenters.